The highest BCUT2D eigenvalue weighted by molar-refractivity contribution is 7.99. The molecule has 5 nitrogen and oxygen atoms in total. The van der Waals surface area contributed by atoms with Gasteiger partial charge in [-0.05, 0) is 30.7 Å². The number of nitrogens with two attached hydrogens (primary N) is 1. The van der Waals surface area contributed by atoms with E-state index in [0.717, 1.165) is 61.0 Å². The first-order valence-corrected chi connectivity index (χ1v) is 11.5. The third-order valence-corrected chi connectivity index (χ3v) is 7.23. The molecule has 2 aromatic carbocycles. The molecule has 6 heteroatoms. The average Bonchev–Trinajstić information content (AvgIpc) is 2.96. The van der Waals surface area contributed by atoms with Gasteiger partial charge in [0.15, 0.2) is 0 Å². The Bertz CT molecular complexity index is 1060. The molecule has 1 aromatic heterocycles. The molecule has 2 aliphatic rings. The summed E-state index contributed by atoms with van der Waals surface area (Å²) in [4.78, 5) is 8.82. The first-order chi connectivity index (χ1) is 14.7. The van der Waals surface area contributed by atoms with Crippen molar-refractivity contribution in [2.45, 2.75) is 18.4 Å². The number of anilines is 2. The second-order valence-corrected chi connectivity index (χ2v) is 9.61. The summed E-state index contributed by atoms with van der Waals surface area (Å²) in [6.07, 6.45) is 0. The van der Waals surface area contributed by atoms with Gasteiger partial charge in [-0.25, -0.2) is 4.98 Å². The molecule has 2 aliphatic heterocycles. The van der Waals surface area contributed by atoms with E-state index in [1.165, 1.54) is 16.0 Å². The van der Waals surface area contributed by atoms with Gasteiger partial charge in [-0.1, -0.05) is 29.8 Å². The summed E-state index contributed by atoms with van der Waals surface area (Å²) in [5, 5.41) is 4.85. The van der Waals surface area contributed by atoms with Gasteiger partial charge in [0.1, 0.15) is 5.82 Å². The van der Waals surface area contributed by atoms with Gasteiger partial charge in [0.05, 0.1) is 18.7 Å². The van der Waals surface area contributed by atoms with Crippen molar-refractivity contribution in [3.05, 3.63) is 59.7 Å². The van der Waals surface area contributed by atoms with Crippen LogP contribution in [0.2, 0.25) is 0 Å². The van der Waals surface area contributed by atoms with Gasteiger partial charge in [0, 0.05) is 59.4 Å². The number of hydrogen-bond acceptors (Lipinski definition) is 6. The number of benzene rings is 2. The molecule has 0 radical (unpaired) electrons. The van der Waals surface area contributed by atoms with Crippen molar-refractivity contribution >= 4 is 34.2 Å². The van der Waals surface area contributed by atoms with Crippen molar-refractivity contribution in [1.29, 1.82) is 0 Å². The van der Waals surface area contributed by atoms with Gasteiger partial charge in [0.25, 0.3) is 0 Å². The smallest absolute Gasteiger partial charge is 0.131 e. The Morgan fingerprint density at radius 3 is 2.87 bits per heavy atom. The standard InChI is InChI=1S/C24H28N4OS/c1-17-6-7-20-19(10-17)21(26-14-24(13-25)15-29-16-24)11-23(27-20)28-8-9-30-22-5-3-2-4-18(22)12-28/h2-7,10-11H,8-9,12-16,25H2,1H3,(H,26,27). The number of aryl methyl sites for hydroxylation is 1. The lowest BCUT2D eigenvalue weighted by atomic mass is 9.86. The van der Waals surface area contributed by atoms with Crippen LogP contribution in [0.5, 0.6) is 0 Å². The van der Waals surface area contributed by atoms with Gasteiger partial charge in [-0.3, -0.25) is 0 Å². The van der Waals surface area contributed by atoms with Crippen LogP contribution < -0.4 is 16.0 Å². The Morgan fingerprint density at radius 1 is 1.20 bits per heavy atom. The van der Waals surface area contributed by atoms with Crippen molar-refractivity contribution in [1.82, 2.24) is 4.98 Å². The minimum atomic E-state index is 0.0395. The zero-order valence-electron chi connectivity index (χ0n) is 17.4. The van der Waals surface area contributed by atoms with Crippen molar-refractivity contribution in [2.24, 2.45) is 11.1 Å². The van der Waals surface area contributed by atoms with Crippen molar-refractivity contribution < 1.29 is 4.74 Å². The summed E-state index contributed by atoms with van der Waals surface area (Å²) in [6, 6.07) is 17.4. The zero-order chi connectivity index (χ0) is 20.6. The highest BCUT2D eigenvalue weighted by Gasteiger charge is 2.37. The summed E-state index contributed by atoms with van der Waals surface area (Å²) in [7, 11) is 0. The van der Waals surface area contributed by atoms with Crippen LogP contribution in [0.15, 0.2) is 53.4 Å². The van der Waals surface area contributed by atoms with Crippen LogP contribution in [0.25, 0.3) is 10.9 Å². The minimum Gasteiger partial charge on any atom is -0.384 e. The summed E-state index contributed by atoms with van der Waals surface area (Å²) >= 11 is 1.93. The maximum absolute atomic E-state index is 6.04. The lowest BCUT2D eigenvalue weighted by Gasteiger charge is -2.40. The topological polar surface area (TPSA) is 63.4 Å². The van der Waals surface area contributed by atoms with E-state index in [-0.39, 0.29) is 5.41 Å². The van der Waals surface area contributed by atoms with E-state index < -0.39 is 0 Å². The van der Waals surface area contributed by atoms with Crippen molar-refractivity contribution in [3.8, 4) is 0 Å². The van der Waals surface area contributed by atoms with Crippen LogP contribution in [0.1, 0.15) is 11.1 Å². The van der Waals surface area contributed by atoms with Crippen LogP contribution in [-0.4, -0.2) is 43.6 Å². The molecule has 156 valence electrons. The Hall–Kier alpha value is -2.28. The monoisotopic (exact) mass is 420 g/mol. The summed E-state index contributed by atoms with van der Waals surface area (Å²) in [5.41, 5.74) is 10.8. The van der Waals surface area contributed by atoms with E-state index >= 15 is 0 Å². The van der Waals surface area contributed by atoms with Gasteiger partial charge in [0.2, 0.25) is 0 Å². The average molecular weight is 421 g/mol. The predicted octanol–water partition coefficient (Wildman–Crippen LogP) is 4.04. The normalized spacial score (nSPS) is 17.9. The number of nitrogens with zero attached hydrogens (tertiary/aromatic N) is 2. The first-order valence-electron chi connectivity index (χ1n) is 10.5. The molecule has 0 unspecified atom stereocenters. The molecule has 30 heavy (non-hydrogen) atoms. The highest BCUT2D eigenvalue weighted by atomic mass is 32.2. The molecule has 3 N–H and O–H groups in total. The molecule has 0 aliphatic carbocycles. The molecular formula is C24H28N4OS. The minimum absolute atomic E-state index is 0.0395. The number of rotatable bonds is 5. The number of pyridine rings is 1. The molecule has 1 fully saturated rings. The Labute approximate surface area is 182 Å². The van der Waals surface area contributed by atoms with E-state index in [1.54, 1.807) is 0 Å². The number of thioether (sulfide) groups is 1. The molecule has 1 saturated heterocycles. The molecule has 3 heterocycles. The van der Waals surface area contributed by atoms with Gasteiger partial charge in [-0.2, -0.15) is 0 Å². The van der Waals surface area contributed by atoms with Gasteiger partial charge < -0.3 is 20.7 Å². The van der Waals surface area contributed by atoms with E-state index in [9.17, 15) is 0 Å². The fourth-order valence-electron chi connectivity index (χ4n) is 4.12. The molecule has 0 amide bonds. The lowest BCUT2D eigenvalue weighted by molar-refractivity contribution is -0.0979. The Morgan fingerprint density at radius 2 is 2.07 bits per heavy atom. The van der Waals surface area contributed by atoms with Crippen LogP contribution in [0, 0.1) is 12.3 Å². The lowest BCUT2D eigenvalue weighted by Crippen LogP contribution is -2.52. The fourth-order valence-corrected chi connectivity index (χ4v) is 5.15. The van der Waals surface area contributed by atoms with Crippen molar-refractivity contribution in [3.63, 3.8) is 0 Å². The first kappa shape index (κ1) is 19.7. The summed E-state index contributed by atoms with van der Waals surface area (Å²) in [5.74, 6) is 2.08. The third-order valence-electron chi connectivity index (χ3n) is 6.13. The number of aromatic nitrogens is 1. The molecule has 5 rings (SSSR count). The van der Waals surface area contributed by atoms with Crippen molar-refractivity contribution in [2.75, 3.05) is 48.8 Å². The number of hydrogen-bond donors (Lipinski definition) is 2. The summed E-state index contributed by atoms with van der Waals surface area (Å²) in [6.45, 7) is 6.89. The van der Waals surface area contributed by atoms with E-state index in [4.69, 9.17) is 15.5 Å². The highest BCUT2D eigenvalue weighted by Crippen LogP contribution is 2.34. The molecule has 0 bridgehead atoms. The van der Waals surface area contributed by atoms with Gasteiger partial charge >= 0.3 is 0 Å². The predicted molar refractivity (Wildman–Crippen MR) is 125 cm³/mol. The van der Waals surface area contributed by atoms with E-state index in [1.807, 2.05) is 11.8 Å². The van der Waals surface area contributed by atoms with Crippen LogP contribution in [-0.2, 0) is 11.3 Å². The van der Waals surface area contributed by atoms with Gasteiger partial charge in [-0.15, -0.1) is 11.8 Å². The largest absolute Gasteiger partial charge is 0.384 e. The maximum atomic E-state index is 6.04. The summed E-state index contributed by atoms with van der Waals surface area (Å²) < 4.78 is 5.45. The SMILES string of the molecule is Cc1ccc2nc(N3CCSc4ccccc4C3)cc(NCC3(CN)COC3)c2c1. The van der Waals surface area contributed by atoms with Crippen LogP contribution in [0.4, 0.5) is 11.5 Å². The number of nitrogens with one attached hydrogen (secondary N) is 1. The van der Waals surface area contributed by atoms with E-state index in [0.29, 0.717) is 6.54 Å². The van der Waals surface area contributed by atoms with Crippen LogP contribution in [0.3, 0.4) is 0 Å². The second-order valence-electron chi connectivity index (χ2n) is 8.48. The van der Waals surface area contributed by atoms with E-state index in [2.05, 4.69) is 65.7 Å². The molecule has 0 spiro atoms. The molecule has 3 aromatic rings. The fraction of sp³-hybridized carbons (Fsp3) is 0.375. The molecule has 0 saturated carbocycles. The molecule has 0 atom stereocenters. The zero-order valence-corrected chi connectivity index (χ0v) is 18.2. The number of ether oxygens (including phenoxy) is 1. The second kappa shape index (κ2) is 8.10. The Balaban J connectivity index is 1.50. The van der Waals surface area contributed by atoms with Crippen LogP contribution >= 0.6 is 11.8 Å². The maximum Gasteiger partial charge on any atom is 0.131 e. The quantitative estimate of drug-likeness (QED) is 0.649. The molecular weight excluding hydrogens is 392 g/mol. The Kier molecular flexibility index (Phi) is 5.31. The third kappa shape index (κ3) is 3.75. The number of fused-ring (bicyclic) bond motifs is 2.